The lowest BCUT2D eigenvalue weighted by Crippen LogP contribution is -2.49. The Morgan fingerprint density at radius 1 is 0.750 bits per heavy atom. The lowest BCUT2D eigenvalue weighted by molar-refractivity contribution is -0.138. The molecule has 0 aromatic carbocycles. The van der Waals surface area contributed by atoms with E-state index in [2.05, 4.69) is 0 Å². The van der Waals surface area contributed by atoms with Crippen molar-refractivity contribution < 1.29 is 24.3 Å². The normalized spacial score (nSPS) is 19.4. The van der Waals surface area contributed by atoms with E-state index in [1.54, 1.807) is 14.1 Å². The number of amides is 1. The van der Waals surface area contributed by atoms with Gasteiger partial charge in [0.15, 0.2) is 0 Å². The topological polar surface area (TPSA) is 105 Å². The fourth-order valence-electron chi connectivity index (χ4n) is 2.99. The molecule has 0 unspecified atom stereocenters. The van der Waals surface area contributed by atoms with Gasteiger partial charge in [0.1, 0.15) is 12.6 Å². The molecule has 0 aromatic rings. The summed E-state index contributed by atoms with van der Waals surface area (Å²) in [6.45, 7) is 5.35. The largest absolute Gasteiger partial charge is 0.480 e. The number of carboxylic acid groups (broad SMARTS) is 1. The summed E-state index contributed by atoms with van der Waals surface area (Å²) in [6, 6.07) is 0. The lowest BCUT2D eigenvalue weighted by atomic mass is 10.3. The van der Waals surface area contributed by atoms with Gasteiger partial charge in [0.2, 0.25) is 5.91 Å². The Balaban J connectivity index is 2.87. The molecule has 160 valence electrons. The van der Waals surface area contributed by atoms with Crippen molar-refractivity contribution in [3.05, 3.63) is 0 Å². The molecule has 1 aliphatic rings. The number of nitrogens with zero attached hydrogens (tertiary/aromatic N) is 5. The van der Waals surface area contributed by atoms with Crippen LogP contribution in [0.25, 0.3) is 0 Å². The molecule has 0 aliphatic carbocycles. The predicted molar refractivity (Wildman–Crippen MR) is 104 cm³/mol. The maximum atomic E-state index is 12.1. The molecule has 1 saturated heterocycles. The van der Waals surface area contributed by atoms with Crippen LogP contribution in [0, 0.1) is 0 Å². The molecule has 0 radical (unpaired) electrons. The van der Waals surface area contributed by atoms with Crippen LogP contribution < -0.4 is 0 Å². The Morgan fingerprint density at radius 3 is 1.43 bits per heavy atom. The van der Waals surface area contributed by atoms with Crippen molar-refractivity contribution >= 4 is 24.4 Å². The quantitative estimate of drug-likeness (QED) is 0.454. The molecular formula is C18H33N5O5. The molecule has 0 spiro atoms. The van der Waals surface area contributed by atoms with Gasteiger partial charge in [-0.15, -0.1) is 0 Å². The number of aldehydes is 2. The molecule has 1 amide bonds. The van der Waals surface area contributed by atoms with E-state index in [9.17, 15) is 24.3 Å². The SMILES string of the molecule is CN(C)C(=O)CN1CCN(CC=O)CCN(CC=O)CCN(CC(=O)O)CC1. The van der Waals surface area contributed by atoms with Gasteiger partial charge in [-0.1, -0.05) is 0 Å². The van der Waals surface area contributed by atoms with Crippen molar-refractivity contribution in [3.63, 3.8) is 0 Å². The van der Waals surface area contributed by atoms with Crippen LogP contribution >= 0.6 is 0 Å². The Labute approximate surface area is 166 Å². The minimum absolute atomic E-state index is 0.0176. The summed E-state index contributed by atoms with van der Waals surface area (Å²) in [4.78, 5) is 54.6. The summed E-state index contributed by atoms with van der Waals surface area (Å²) in [5.41, 5.74) is 0. The first-order valence-electron chi connectivity index (χ1n) is 9.54. The number of hydrogen-bond acceptors (Lipinski definition) is 8. The number of carbonyl (C=O) groups is 4. The van der Waals surface area contributed by atoms with Gasteiger partial charge in [0, 0.05) is 66.5 Å². The molecule has 1 heterocycles. The average molecular weight is 399 g/mol. The highest BCUT2D eigenvalue weighted by atomic mass is 16.4. The molecular weight excluding hydrogens is 366 g/mol. The van der Waals surface area contributed by atoms with Crippen molar-refractivity contribution in [1.29, 1.82) is 0 Å². The van der Waals surface area contributed by atoms with Crippen molar-refractivity contribution in [2.75, 3.05) is 92.6 Å². The maximum absolute atomic E-state index is 12.1. The third kappa shape index (κ3) is 9.88. The lowest BCUT2D eigenvalue weighted by Gasteiger charge is -2.33. The molecule has 10 nitrogen and oxygen atoms in total. The second-order valence-electron chi connectivity index (χ2n) is 7.17. The van der Waals surface area contributed by atoms with Crippen LogP contribution in [0.4, 0.5) is 0 Å². The summed E-state index contributed by atoms with van der Waals surface area (Å²) >= 11 is 0. The number of rotatable bonds is 8. The van der Waals surface area contributed by atoms with E-state index in [1.165, 1.54) is 4.90 Å². The number of hydrogen-bond donors (Lipinski definition) is 1. The fourth-order valence-corrected chi connectivity index (χ4v) is 2.99. The Hall–Kier alpha value is -1.88. The van der Waals surface area contributed by atoms with Gasteiger partial charge in [0.25, 0.3) is 0 Å². The van der Waals surface area contributed by atoms with Crippen LogP contribution in [0.1, 0.15) is 0 Å². The second kappa shape index (κ2) is 13.3. The summed E-state index contributed by atoms with van der Waals surface area (Å²) in [6.07, 6.45) is 1.70. The van der Waals surface area contributed by atoms with E-state index in [1.807, 2.05) is 19.6 Å². The van der Waals surface area contributed by atoms with E-state index in [0.717, 1.165) is 12.6 Å². The van der Waals surface area contributed by atoms with E-state index in [-0.39, 0.29) is 25.5 Å². The number of carboxylic acids is 1. The summed E-state index contributed by atoms with van der Waals surface area (Å²) in [7, 11) is 3.41. The monoisotopic (exact) mass is 399 g/mol. The standard InChI is InChI=1S/C18H33N5O5/c1-19(2)17(26)15-22-7-5-20(11-13-24)3-4-21(12-14-25)6-8-23(10-9-22)16-18(27)28/h13-14H,3-12,15-16H2,1-2H3,(H,27,28). The molecule has 1 aliphatic heterocycles. The summed E-state index contributed by atoms with van der Waals surface area (Å²) in [5, 5.41) is 9.18. The highest BCUT2D eigenvalue weighted by Crippen LogP contribution is 2.01. The Bertz CT molecular complexity index is 517. The highest BCUT2D eigenvalue weighted by Gasteiger charge is 2.19. The molecule has 0 saturated carbocycles. The minimum atomic E-state index is -0.901. The fraction of sp³-hybridized carbons (Fsp3) is 0.778. The van der Waals surface area contributed by atoms with E-state index in [4.69, 9.17) is 0 Å². The maximum Gasteiger partial charge on any atom is 0.317 e. The van der Waals surface area contributed by atoms with Crippen molar-refractivity contribution in [2.24, 2.45) is 0 Å². The Morgan fingerprint density at radius 2 is 1.11 bits per heavy atom. The van der Waals surface area contributed by atoms with Crippen LogP contribution in [0.15, 0.2) is 0 Å². The zero-order valence-electron chi connectivity index (χ0n) is 17.0. The van der Waals surface area contributed by atoms with Crippen molar-refractivity contribution in [1.82, 2.24) is 24.5 Å². The van der Waals surface area contributed by atoms with Crippen LogP contribution in [0.2, 0.25) is 0 Å². The molecule has 1 N–H and O–H groups in total. The molecule has 28 heavy (non-hydrogen) atoms. The molecule has 0 bridgehead atoms. The smallest absolute Gasteiger partial charge is 0.317 e. The molecule has 1 fully saturated rings. The first-order valence-corrected chi connectivity index (χ1v) is 9.54. The average Bonchev–Trinajstić information content (AvgIpc) is 2.63. The third-order valence-electron chi connectivity index (χ3n) is 4.81. The number of likely N-dealkylation sites (N-methyl/N-ethyl adjacent to an activating group) is 1. The Kier molecular flexibility index (Phi) is 11.5. The zero-order chi connectivity index (χ0) is 20.9. The van der Waals surface area contributed by atoms with Crippen LogP contribution in [-0.4, -0.2) is 147 Å². The van der Waals surface area contributed by atoms with Gasteiger partial charge < -0.3 is 19.6 Å². The van der Waals surface area contributed by atoms with Gasteiger partial charge in [-0.2, -0.15) is 0 Å². The van der Waals surface area contributed by atoms with E-state index in [0.29, 0.717) is 58.9 Å². The first kappa shape index (κ1) is 24.2. The van der Waals surface area contributed by atoms with Crippen LogP contribution in [0.3, 0.4) is 0 Å². The third-order valence-corrected chi connectivity index (χ3v) is 4.81. The molecule has 0 aromatic heterocycles. The van der Waals surface area contributed by atoms with Gasteiger partial charge in [-0.05, 0) is 0 Å². The van der Waals surface area contributed by atoms with E-state index >= 15 is 0 Å². The summed E-state index contributed by atoms with van der Waals surface area (Å²) in [5.74, 6) is -0.918. The molecule has 1 rings (SSSR count). The van der Waals surface area contributed by atoms with E-state index < -0.39 is 5.97 Å². The molecule has 0 atom stereocenters. The molecule has 10 heteroatoms. The predicted octanol–water partition coefficient (Wildman–Crippen LogP) is -2.22. The van der Waals surface area contributed by atoms with Gasteiger partial charge in [-0.3, -0.25) is 29.2 Å². The van der Waals surface area contributed by atoms with Gasteiger partial charge in [0.05, 0.1) is 26.2 Å². The number of aliphatic carboxylic acids is 1. The van der Waals surface area contributed by atoms with Crippen LogP contribution in [0.5, 0.6) is 0 Å². The first-order chi connectivity index (χ1) is 13.3. The second-order valence-corrected chi connectivity index (χ2v) is 7.17. The van der Waals surface area contributed by atoms with Gasteiger partial charge in [-0.25, -0.2) is 0 Å². The number of carbonyl (C=O) groups excluding carboxylic acids is 3. The highest BCUT2D eigenvalue weighted by molar-refractivity contribution is 5.77. The zero-order valence-corrected chi connectivity index (χ0v) is 17.0. The minimum Gasteiger partial charge on any atom is -0.480 e. The van der Waals surface area contributed by atoms with Crippen molar-refractivity contribution in [2.45, 2.75) is 0 Å². The van der Waals surface area contributed by atoms with Crippen LogP contribution in [-0.2, 0) is 19.2 Å². The summed E-state index contributed by atoms with van der Waals surface area (Å²) < 4.78 is 0. The van der Waals surface area contributed by atoms with Gasteiger partial charge >= 0.3 is 5.97 Å². The van der Waals surface area contributed by atoms with Crippen molar-refractivity contribution in [3.8, 4) is 0 Å².